The van der Waals surface area contributed by atoms with Crippen molar-refractivity contribution < 1.29 is 35.9 Å². The average molecular weight is 709 g/mol. The molecule has 4 aromatic carbocycles. The molecule has 13 heteroatoms. The minimum atomic E-state index is -3.80. The first kappa shape index (κ1) is 36.6. The number of benzene rings is 4. The fourth-order valence-electron chi connectivity index (χ4n) is 6.49. The normalized spacial score (nSPS) is 17.2. The van der Waals surface area contributed by atoms with Crippen LogP contribution in [0.4, 0.5) is 23.7 Å². The molecular weight excluding hydrogens is 669 g/mol. The topological polar surface area (TPSA) is 117 Å². The summed E-state index contributed by atoms with van der Waals surface area (Å²) in [5.41, 5.74) is 0.863. The SMILES string of the molecule is COC(=O)N[C@H](C(=O)Nc1cccc(F)c1CCC[C@H]1CNC[C@@H](C)N1S(=O)(=O)c1ccccc1)C(c1cccc(F)c1)c1cccc(F)c1. The number of anilines is 1. The van der Waals surface area contributed by atoms with Crippen molar-refractivity contribution >= 4 is 27.7 Å². The molecule has 50 heavy (non-hydrogen) atoms. The number of amides is 2. The number of methoxy groups -OCH3 is 1. The van der Waals surface area contributed by atoms with Gasteiger partial charge in [0.25, 0.3) is 0 Å². The molecule has 1 saturated heterocycles. The van der Waals surface area contributed by atoms with Crippen molar-refractivity contribution in [3.63, 3.8) is 0 Å². The Bertz CT molecular complexity index is 1870. The summed E-state index contributed by atoms with van der Waals surface area (Å²) in [6, 6.07) is 21.0. The van der Waals surface area contributed by atoms with E-state index in [9.17, 15) is 26.8 Å². The third kappa shape index (κ3) is 8.52. The van der Waals surface area contributed by atoms with Gasteiger partial charge in [-0.25, -0.2) is 26.4 Å². The summed E-state index contributed by atoms with van der Waals surface area (Å²) in [7, 11) is -2.68. The van der Waals surface area contributed by atoms with Crippen molar-refractivity contribution in [2.75, 3.05) is 25.5 Å². The maximum absolute atomic E-state index is 15.4. The number of sulfonamides is 1. The highest BCUT2D eigenvalue weighted by molar-refractivity contribution is 7.89. The van der Waals surface area contributed by atoms with Crippen LogP contribution in [0.2, 0.25) is 0 Å². The minimum Gasteiger partial charge on any atom is -0.453 e. The molecular formula is C37H39F3N4O5S. The van der Waals surface area contributed by atoms with Crippen LogP contribution in [0.25, 0.3) is 0 Å². The zero-order valence-electron chi connectivity index (χ0n) is 27.6. The molecule has 3 N–H and O–H groups in total. The minimum absolute atomic E-state index is 0.132. The zero-order valence-corrected chi connectivity index (χ0v) is 28.4. The molecule has 0 spiro atoms. The molecule has 0 radical (unpaired) electrons. The van der Waals surface area contributed by atoms with E-state index in [1.54, 1.807) is 42.5 Å². The van der Waals surface area contributed by atoms with E-state index in [0.717, 1.165) is 7.11 Å². The van der Waals surface area contributed by atoms with Gasteiger partial charge in [-0.2, -0.15) is 4.31 Å². The number of rotatable bonds is 12. The van der Waals surface area contributed by atoms with E-state index >= 15 is 4.39 Å². The molecule has 0 saturated carbocycles. The van der Waals surface area contributed by atoms with Gasteiger partial charge in [0, 0.05) is 42.3 Å². The van der Waals surface area contributed by atoms with Gasteiger partial charge in [-0.15, -0.1) is 0 Å². The monoisotopic (exact) mass is 708 g/mol. The van der Waals surface area contributed by atoms with Gasteiger partial charge < -0.3 is 20.7 Å². The standard InChI is InChI=1S/C37H39F3N4O5S/c1-24-22-41-23-29(44(24)50(47,48)30-15-4-3-5-16-30)14-8-17-31-32(40)18-9-19-33(31)42-36(45)35(43-37(46)49-2)34(25-10-6-12-27(38)20-25)26-11-7-13-28(39)21-26/h3-7,9-13,15-16,18-21,24,29,34-35,41H,8,14,17,22-23H2,1-2H3,(H,42,45)(H,43,46)/t24-,29+,35+/m1/s1. The highest BCUT2D eigenvalue weighted by atomic mass is 32.2. The number of hydrogen-bond donors (Lipinski definition) is 3. The quantitative estimate of drug-likeness (QED) is 0.167. The second-order valence-corrected chi connectivity index (χ2v) is 14.0. The summed E-state index contributed by atoms with van der Waals surface area (Å²) in [4.78, 5) is 26.8. The van der Waals surface area contributed by atoms with Crippen LogP contribution in [-0.4, -0.2) is 63.0 Å². The number of piperazine rings is 1. The summed E-state index contributed by atoms with van der Waals surface area (Å²) in [6.07, 6.45) is -0.0342. The van der Waals surface area contributed by atoms with E-state index < -0.39 is 57.5 Å². The van der Waals surface area contributed by atoms with Crippen LogP contribution in [0.15, 0.2) is 102 Å². The first-order valence-corrected chi connectivity index (χ1v) is 17.7. The first-order chi connectivity index (χ1) is 24.0. The summed E-state index contributed by atoms with van der Waals surface area (Å²) < 4.78 is 77.9. The molecule has 1 heterocycles. The molecule has 4 aromatic rings. The van der Waals surface area contributed by atoms with Gasteiger partial charge in [-0.1, -0.05) is 48.5 Å². The van der Waals surface area contributed by atoms with E-state index in [1.807, 2.05) is 6.92 Å². The van der Waals surface area contributed by atoms with Crippen LogP contribution >= 0.6 is 0 Å². The number of alkyl carbamates (subject to hydrolysis) is 1. The second-order valence-electron chi connectivity index (χ2n) is 12.2. The fourth-order valence-corrected chi connectivity index (χ4v) is 8.36. The van der Waals surface area contributed by atoms with Crippen LogP contribution in [0.1, 0.15) is 42.4 Å². The van der Waals surface area contributed by atoms with Crippen LogP contribution < -0.4 is 16.0 Å². The Kier molecular flexibility index (Phi) is 11.9. The Morgan fingerprint density at radius 1 is 0.900 bits per heavy atom. The Morgan fingerprint density at radius 2 is 1.54 bits per heavy atom. The van der Waals surface area contributed by atoms with Gasteiger partial charge in [0.05, 0.1) is 12.0 Å². The second kappa shape index (κ2) is 16.3. The van der Waals surface area contributed by atoms with Gasteiger partial charge in [0.15, 0.2) is 0 Å². The number of carbonyl (C=O) groups excluding carboxylic acids is 2. The van der Waals surface area contributed by atoms with E-state index in [-0.39, 0.29) is 39.7 Å². The smallest absolute Gasteiger partial charge is 0.407 e. The molecule has 1 aliphatic rings. The molecule has 0 bridgehead atoms. The maximum atomic E-state index is 15.4. The summed E-state index contributed by atoms with van der Waals surface area (Å²) in [5.74, 6) is -3.66. The number of halogens is 3. The van der Waals surface area contributed by atoms with Crippen molar-refractivity contribution in [2.24, 2.45) is 0 Å². The molecule has 0 aromatic heterocycles. The largest absolute Gasteiger partial charge is 0.453 e. The van der Waals surface area contributed by atoms with Crippen molar-refractivity contribution in [3.8, 4) is 0 Å². The Labute approximate surface area is 289 Å². The maximum Gasteiger partial charge on any atom is 0.407 e. The zero-order chi connectivity index (χ0) is 35.8. The highest BCUT2D eigenvalue weighted by Crippen LogP contribution is 2.32. The lowest BCUT2D eigenvalue weighted by molar-refractivity contribution is -0.118. The molecule has 1 aliphatic heterocycles. The van der Waals surface area contributed by atoms with Crippen LogP contribution in [0.3, 0.4) is 0 Å². The van der Waals surface area contributed by atoms with Gasteiger partial charge in [-0.3, -0.25) is 4.79 Å². The van der Waals surface area contributed by atoms with E-state index in [2.05, 4.69) is 16.0 Å². The van der Waals surface area contributed by atoms with E-state index in [4.69, 9.17) is 4.74 Å². The van der Waals surface area contributed by atoms with E-state index in [0.29, 0.717) is 25.9 Å². The number of nitrogens with one attached hydrogen (secondary N) is 3. The van der Waals surface area contributed by atoms with Crippen LogP contribution in [0, 0.1) is 17.5 Å². The average Bonchev–Trinajstić information content (AvgIpc) is 3.09. The number of ether oxygens (including phenoxy) is 1. The fraction of sp³-hybridized carbons (Fsp3) is 0.297. The third-order valence-corrected chi connectivity index (χ3v) is 10.8. The Balaban J connectivity index is 1.40. The van der Waals surface area contributed by atoms with Crippen molar-refractivity contribution in [3.05, 3.63) is 131 Å². The summed E-state index contributed by atoms with van der Waals surface area (Å²) >= 11 is 0. The molecule has 9 nitrogen and oxygen atoms in total. The van der Waals surface area contributed by atoms with Crippen molar-refractivity contribution in [2.45, 2.75) is 55.1 Å². The van der Waals surface area contributed by atoms with Crippen LogP contribution in [0.5, 0.6) is 0 Å². The summed E-state index contributed by atoms with van der Waals surface area (Å²) in [5, 5.41) is 8.51. The van der Waals surface area contributed by atoms with Gasteiger partial charge in [0.1, 0.15) is 23.5 Å². The predicted molar refractivity (Wildman–Crippen MR) is 184 cm³/mol. The predicted octanol–water partition coefficient (Wildman–Crippen LogP) is 5.97. The highest BCUT2D eigenvalue weighted by Gasteiger charge is 2.38. The number of nitrogens with zero attached hydrogens (tertiary/aromatic N) is 1. The number of hydrogen-bond acceptors (Lipinski definition) is 6. The number of carbonyl (C=O) groups is 2. The molecule has 0 aliphatic carbocycles. The molecule has 3 atom stereocenters. The third-order valence-electron chi connectivity index (χ3n) is 8.76. The molecule has 2 amide bonds. The molecule has 0 unspecified atom stereocenters. The van der Waals surface area contributed by atoms with Crippen molar-refractivity contribution in [1.29, 1.82) is 0 Å². The molecule has 5 rings (SSSR count). The van der Waals surface area contributed by atoms with Gasteiger partial charge in [0.2, 0.25) is 15.9 Å². The van der Waals surface area contributed by atoms with Gasteiger partial charge >= 0.3 is 6.09 Å². The molecule has 1 fully saturated rings. The lowest BCUT2D eigenvalue weighted by Crippen LogP contribution is -2.58. The van der Waals surface area contributed by atoms with Crippen LogP contribution in [-0.2, 0) is 26.0 Å². The Hall–Kier alpha value is -4.72. The lowest BCUT2D eigenvalue weighted by atomic mass is 9.84. The lowest BCUT2D eigenvalue weighted by Gasteiger charge is -2.40. The first-order valence-electron chi connectivity index (χ1n) is 16.2. The molecule has 264 valence electrons. The van der Waals surface area contributed by atoms with Crippen molar-refractivity contribution in [1.82, 2.24) is 14.9 Å². The van der Waals surface area contributed by atoms with E-state index in [1.165, 1.54) is 58.9 Å². The van der Waals surface area contributed by atoms with Gasteiger partial charge in [-0.05, 0) is 85.8 Å². The summed E-state index contributed by atoms with van der Waals surface area (Å²) in [6.45, 7) is 2.74. The Morgan fingerprint density at radius 3 is 2.16 bits per heavy atom.